The Balaban J connectivity index is 2.30. The number of aryl methyl sites for hydroxylation is 2. The molecule has 0 heterocycles. The SMILES string of the molecule is Cc1ccccc1[N]c1ccccc1C. The average Bonchev–Trinajstić information content (AvgIpc) is 2.24. The molecule has 0 aliphatic heterocycles. The summed E-state index contributed by atoms with van der Waals surface area (Å²) in [6, 6.07) is 16.4. The van der Waals surface area contributed by atoms with Gasteiger partial charge in [0.05, 0.1) is 11.4 Å². The van der Waals surface area contributed by atoms with Gasteiger partial charge in [-0.3, -0.25) is 0 Å². The third-order valence-electron chi connectivity index (χ3n) is 2.47. The molecule has 0 aromatic heterocycles. The molecule has 75 valence electrons. The molecule has 0 aliphatic rings. The molecule has 0 saturated carbocycles. The molecule has 1 nitrogen and oxygen atoms in total. The maximum atomic E-state index is 4.64. The van der Waals surface area contributed by atoms with Gasteiger partial charge < -0.3 is 0 Å². The Labute approximate surface area is 90.8 Å². The van der Waals surface area contributed by atoms with Crippen LogP contribution >= 0.6 is 0 Å². The summed E-state index contributed by atoms with van der Waals surface area (Å²) in [5, 5.41) is 4.64. The molecule has 1 radical (unpaired) electrons. The van der Waals surface area contributed by atoms with Crippen molar-refractivity contribution in [3.63, 3.8) is 0 Å². The second kappa shape index (κ2) is 4.18. The third-order valence-corrected chi connectivity index (χ3v) is 2.47. The fourth-order valence-corrected chi connectivity index (χ4v) is 1.51. The zero-order valence-corrected chi connectivity index (χ0v) is 9.07. The minimum Gasteiger partial charge on any atom is -0.249 e. The van der Waals surface area contributed by atoms with Crippen molar-refractivity contribution in [3.8, 4) is 0 Å². The molecule has 0 fully saturated rings. The zero-order chi connectivity index (χ0) is 10.7. The largest absolute Gasteiger partial charge is 0.249 e. The Kier molecular flexibility index (Phi) is 2.72. The quantitative estimate of drug-likeness (QED) is 0.692. The lowest BCUT2D eigenvalue weighted by atomic mass is 10.1. The highest BCUT2D eigenvalue weighted by Crippen LogP contribution is 2.22. The van der Waals surface area contributed by atoms with Gasteiger partial charge in [0.2, 0.25) is 0 Å². The van der Waals surface area contributed by atoms with Crippen LogP contribution in [0.4, 0.5) is 11.4 Å². The summed E-state index contributed by atoms with van der Waals surface area (Å²) in [5.74, 6) is 0. The molecule has 2 aromatic rings. The lowest BCUT2D eigenvalue weighted by molar-refractivity contribution is 1.14. The second-order valence-corrected chi connectivity index (χ2v) is 3.68. The number of benzene rings is 2. The number of hydrogen-bond acceptors (Lipinski definition) is 0. The Morgan fingerprint density at radius 2 is 1.07 bits per heavy atom. The van der Waals surface area contributed by atoms with Crippen molar-refractivity contribution in [1.29, 1.82) is 0 Å². The topological polar surface area (TPSA) is 14.1 Å². The van der Waals surface area contributed by atoms with Crippen molar-refractivity contribution in [1.82, 2.24) is 5.32 Å². The van der Waals surface area contributed by atoms with E-state index in [1.165, 1.54) is 11.1 Å². The molecule has 0 unspecified atom stereocenters. The molecule has 0 aliphatic carbocycles. The number of hydrogen-bond donors (Lipinski definition) is 0. The van der Waals surface area contributed by atoms with Crippen LogP contribution in [0.1, 0.15) is 11.1 Å². The van der Waals surface area contributed by atoms with Gasteiger partial charge >= 0.3 is 0 Å². The van der Waals surface area contributed by atoms with Crippen LogP contribution in [-0.4, -0.2) is 0 Å². The van der Waals surface area contributed by atoms with E-state index in [0.29, 0.717) is 0 Å². The molecular formula is C14H14N. The lowest BCUT2D eigenvalue weighted by Gasteiger charge is -2.08. The van der Waals surface area contributed by atoms with E-state index >= 15 is 0 Å². The molecule has 2 rings (SSSR count). The van der Waals surface area contributed by atoms with Crippen LogP contribution in [0.3, 0.4) is 0 Å². The van der Waals surface area contributed by atoms with Crippen LogP contribution in [0.5, 0.6) is 0 Å². The van der Waals surface area contributed by atoms with Crippen molar-refractivity contribution in [2.24, 2.45) is 0 Å². The van der Waals surface area contributed by atoms with Gasteiger partial charge in [-0.2, -0.15) is 0 Å². The van der Waals surface area contributed by atoms with Gasteiger partial charge in [0.25, 0.3) is 0 Å². The van der Waals surface area contributed by atoms with E-state index in [2.05, 4.69) is 31.3 Å². The average molecular weight is 196 g/mol. The van der Waals surface area contributed by atoms with Crippen molar-refractivity contribution in [3.05, 3.63) is 59.7 Å². The van der Waals surface area contributed by atoms with E-state index in [4.69, 9.17) is 0 Å². The highest BCUT2D eigenvalue weighted by Gasteiger charge is 2.01. The first-order chi connectivity index (χ1) is 7.27. The van der Waals surface area contributed by atoms with Crippen LogP contribution in [0.15, 0.2) is 48.5 Å². The van der Waals surface area contributed by atoms with E-state index in [9.17, 15) is 0 Å². The predicted octanol–water partition coefficient (Wildman–Crippen LogP) is 3.87. The number of nitrogens with zero attached hydrogens (tertiary/aromatic N) is 1. The van der Waals surface area contributed by atoms with Crippen LogP contribution < -0.4 is 5.32 Å². The molecule has 0 bridgehead atoms. The van der Waals surface area contributed by atoms with Gasteiger partial charge in [0, 0.05) is 0 Å². The predicted molar refractivity (Wildman–Crippen MR) is 63.8 cm³/mol. The Hall–Kier alpha value is -1.76. The summed E-state index contributed by atoms with van der Waals surface area (Å²) in [6.45, 7) is 4.16. The highest BCUT2D eigenvalue weighted by molar-refractivity contribution is 5.55. The van der Waals surface area contributed by atoms with Gasteiger partial charge in [0.1, 0.15) is 0 Å². The molecule has 0 spiro atoms. The first-order valence-corrected chi connectivity index (χ1v) is 5.10. The van der Waals surface area contributed by atoms with E-state index in [0.717, 1.165) is 11.4 Å². The summed E-state index contributed by atoms with van der Waals surface area (Å²) in [6.07, 6.45) is 0. The van der Waals surface area contributed by atoms with Crippen molar-refractivity contribution in [2.75, 3.05) is 0 Å². The maximum absolute atomic E-state index is 4.64. The van der Waals surface area contributed by atoms with Crippen LogP contribution in [0.25, 0.3) is 0 Å². The Bertz CT molecular complexity index is 417. The monoisotopic (exact) mass is 196 g/mol. The van der Waals surface area contributed by atoms with E-state index in [1.54, 1.807) is 0 Å². The summed E-state index contributed by atoms with van der Waals surface area (Å²) >= 11 is 0. The molecule has 0 saturated heterocycles. The summed E-state index contributed by atoms with van der Waals surface area (Å²) < 4.78 is 0. The molecular weight excluding hydrogens is 182 g/mol. The highest BCUT2D eigenvalue weighted by atomic mass is 14.9. The van der Waals surface area contributed by atoms with Gasteiger partial charge in [0.15, 0.2) is 0 Å². The fourth-order valence-electron chi connectivity index (χ4n) is 1.51. The lowest BCUT2D eigenvalue weighted by Crippen LogP contribution is -1.93. The van der Waals surface area contributed by atoms with Crippen molar-refractivity contribution < 1.29 is 0 Å². The van der Waals surface area contributed by atoms with E-state index in [1.807, 2.05) is 36.4 Å². The summed E-state index contributed by atoms with van der Waals surface area (Å²) in [4.78, 5) is 0. The van der Waals surface area contributed by atoms with Gasteiger partial charge in [-0.25, -0.2) is 5.32 Å². The molecule has 15 heavy (non-hydrogen) atoms. The zero-order valence-electron chi connectivity index (χ0n) is 9.07. The Morgan fingerprint density at radius 1 is 0.667 bits per heavy atom. The van der Waals surface area contributed by atoms with Crippen molar-refractivity contribution >= 4 is 11.4 Å². The maximum Gasteiger partial charge on any atom is 0.0666 e. The van der Waals surface area contributed by atoms with Crippen molar-refractivity contribution in [2.45, 2.75) is 13.8 Å². The molecule has 0 amide bonds. The standard InChI is InChI=1S/C14H14N/c1-11-7-3-5-9-13(11)15-14-10-6-4-8-12(14)2/h3-10H,1-2H3. The van der Waals surface area contributed by atoms with E-state index < -0.39 is 0 Å². The summed E-state index contributed by atoms with van der Waals surface area (Å²) in [7, 11) is 0. The molecule has 0 N–H and O–H groups in total. The second-order valence-electron chi connectivity index (χ2n) is 3.68. The smallest absolute Gasteiger partial charge is 0.0666 e. The molecule has 1 heteroatoms. The summed E-state index contributed by atoms with van der Waals surface area (Å²) in [5.41, 5.74) is 4.51. The minimum absolute atomic E-state index is 1.05. The first-order valence-electron chi connectivity index (χ1n) is 5.10. The molecule has 0 atom stereocenters. The molecule has 2 aromatic carbocycles. The fraction of sp³-hybridized carbons (Fsp3) is 0.143. The van der Waals surface area contributed by atoms with Gasteiger partial charge in [-0.15, -0.1) is 0 Å². The number of rotatable bonds is 2. The minimum atomic E-state index is 1.05. The third kappa shape index (κ3) is 2.18. The normalized spacial score (nSPS) is 10.0. The number of para-hydroxylation sites is 2. The van der Waals surface area contributed by atoms with Gasteiger partial charge in [-0.1, -0.05) is 36.4 Å². The Morgan fingerprint density at radius 3 is 1.47 bits per heavy atom. The van der Waals surface area contributed by atoms with E-state index in [-0.39, 0.29) is 0 Å². The van der Waals surface area contributed by atoms with Crippen LogP contribution in [0.2, 0.25) is 0 Å². The van der Waals surface area contributed by atoms with Crippen LogP contribution in [0, 0.1) is 13.8 Å². The van der Waals surface area contributed by atoms with Gasteiger partial charge in [-0.05, 0) is 37.1 Å². The van der Waals surface area contributed by atoms with Crippen LogP contribution in [-0.2, 0) is 0 Å². The first kappa shape index (κ1) is 9.78.